The Labute approximate surface area is 67.1 Å². The molecule has 0 amide bonds. The fourth-order valence-corrected chi connectivity index (χ4v) is 0.819. The molecule has 1 aromatic heterocycles. The first-order valence-corrected chi connectivity index (χ1v) is 4.26. The minimum atomic E-state index is 1.11. The zero-order valence-electron chi connectivity index (χ0n) is 7.09. The van der Waals surface area contributed by atoms with Crippen LogP contribution in [-0.2, 0) is 0 Å². The second-order valence-corrected chi connectivity index (χ2v) is 1.85. The summed E-state index contributed by atoms with van der Waals surface area (Å²) in [5, 5.41) is 2.01. The van der Waals surface area contributed by atoms with Crippen LogP contribution in [0.1, 0.15) is 19.5 Å². The van der Waals surface area contributed by atoms with Crippen molar-refractivity contribution in [3.8, 4) is 0 Å². The van der Waals surface area contributed by atoms with E-state index in [4.69, 9.17) is 0 Å². The predicted molar refractivity (Wildman–Crippen MR) is 48.3 cm³/mol. The summed E-state index contributed by atoms with van der Waals surface area (Å²) in [7, 11) is 1.50. The Morgan fingerprint density at radius 1 is 1.40 bits per heavy atom. The van der Waals surface area contributed by atoms with Gasteiger partial charge in [0.2, 0.25) is 0 Å². The maximum Gasteiger partial charge on any atom is 0.0794 e. The number of aryl methyl sites for hydroxylation is 1. The Hall–Kier alpha value is -0.410. The molecule has 0 saturated carbocycles. The third-order valence-electron chi connectivity index (χ3n) is 0.556. The molecule has 0 radical (unpaired) electrons. The lowest BCUT2D eigenvalue weighted by Gasteiger charge is -1.64. The van der Waals surface area contributed by atoms with Gasteiger partial charge in [-0.15, -0.1) is 11.3 Å². The molecule has 0 atom stereocenters. The maximum absolute atomic E-state index is 4.50. The second kappa shape index (κ2) is 11.4. The summed E-state index contributed by atoms with van der Waals surface area (Å²) in [5.74, 6) is 0. The standard InChI is InChI=1S/C4H5NS.C2H6.CH5N/c1-4-2-6-3-5-4;2*1-2/h2-3H,1H3;1-2H3;2H2,1H3. The first kappa shape index (κ1) is 12.3. The molecule has 60 valence electrons. The Bertz CT molecular complexity index is 115. The highest BCUT2D eigenvalue weighted by Crippen LogP contribution is 1.95. The van der Waals surface area contributed by atoms with Crippen molar-refractivity contribution in [1.82, 2.24) is 4.98 Å². The van der Waals surface area contributed by atoms with E-state index in [1.54, 1.807) is 11.3 Å². The van der Waals surface area contributed by atoms with Crippen molar-refractivity contribution < 1.29 is 0 Å². The van der Waals surface area contributed by atoms with E-state index in [1.165, 1.54) is 7.05 Å². The molecular weight excluding hydrogens is 144 g/mol. The van der Waals surface area contributed by atoms with E-state index in [-0.39, 0.29) is 0 Å². The second-order valence-electron chi connectivity index (χ2n) is 1.13. The van der Waals surface area contributed by atoms with Gasteiger partial charge in [-0.05, 0) is 14.0 Å². The zero-order chi connectivity index (χ0) is 8.41. The molecule has 1 heterocycles. The molecule has 3 heteroatoms. The molecule has 1 rings (SSSR count). The van der Waals surface area contributed by atoms with Crippen LogP contribution in [0.15, 0.2) is 10.9 Å². The van der Waals surface area contributed by atoms with Crippen LogP contribution in [0, 0.1) is 6.92 Å². The lowest BCUT2D eigenvalue weighted by atomic mass is 10.6. The smallest absolute Gasteiger partial charge is 0.0794 e. The molecule has 0 aliphatic carbocycles. The first-order valence-electron chi connectivity index (χ1n) is 3.32. The van der Waals surface area contributed by atoms with Crippen molar-refractivity contribution >= 4 is 11.3 Å². The van der Waals surface area contributed by atoms with E-state index < -0.39 is 0 Å². The number of aromatic nitrogens is 1. The summed E-state index contributed by atoms with van der Waals surface area (Å²) >= 11 is 1.63. The number of thiazole rings is 1. The molecule has 0 unspecified atom stereocenters. The van der Waals surface area contributed by atoms with Crippen LogP contribution in [0.3, 0.4) is 0 Å². The highest BCUT2D eigenvalue weighted by molar-refractivity contribution is 7.07. The van der Waals surface area contributed by atoms with Crippen LogP contribution in [0.4, 0.5) is 0 Å². The van der Waals surface area contributed by atoms with Crippen molar-refractivity contribution in [2.24, 2.45) is 5.73 Å². The summed E-state index contributed by atoms with van der Waals surface area (Å²) in [6.07, 6.45) is 0. The van der Waals surface area contributed by atoms with Crippen molar-refractivity contribution in [3.63, 3.8) is 0 Å². The van der Waals surface area contributed by atoms with Gasteiger partial charge in [-0.3, -0.25) is 4.98 Å². The van der Waals surface area contributed by atoms with Crippen LogP contribution >= 0.6 is 11.3 Å². The van der Waals surface area contributed by atoms with Crippen molar-refractivity contribution in [2.75, 3.05) is 7.05 Å². The zero-order valence-corrected chi connectivity index (χ0v) is 7.90. The molecular formula is C7H16N2S. The fourth-order valence-electron chi connectivity index (χ4n) is 0.273. The van der Waals surface area contributed by atoms with Gasteiger partial charge in [0.05, 0.1) is 5.51 Å². The average Bonchev–Trinajstić information content (AvgIpc) is 2.48. The summed E-state index contributed by atoms with van der Waals surface area (Å²) in [6.45, 7) is 5.98. The normalized spacial score (nSPS) is 6.50. The topological polar surface area (TPSA) is 38.9 Å². The number of nitrogens with two attached hydrogens (primary N) is 1. The van der Waals surface area contributed by atoms with E-state index >= 15 is 0 Å². The van der Waals surface area contributed by atoms with E-state index in [9.17, 15) is 0 Å². The minimum absolute atomic E-state index is 1.11. The van der Waals surface area contributed by atoms with Gasteiger partial charge in [0.15, 0.2) is 0 Å². The number of rotatable bonds is 0. The molecule has 0 aromatic carbocycles. The number of nitrogens with zero attached hydrogens (tertiary/aromatic N) is 1. The Morgan fingerprint density at radius 3 is 2.00 bits per heavy atom. The van der Waals surface area contributed by atoms with Crippen LogP contribution in [0.25, 0.3) is 0 Å². The highest BCUT2D eigenvalue weighted by Gasteiger charge is 1.76. The number of hydrogen-bond acceptors (Lipinski definition) is 3. The fraction of sp³-hybridized carbons (Fsp3) is 0.571. The lowest BCUT2D eigenvalue weighted by molar-refractivity contribution is 1.27. The molecule has 0 saturated heterocycles. The van der Waals surface area contributed by atoms with Gasteiger partial charge in [0, 0.05) is 11.1 Å². The lowest BCUT2D eigenvalue weighted by Crippen LogP contribution is -1.69. The third kappa shape index (κ3) is 7.59. The Kier molecular flexibility index (Phi) is 14.0. The Morgan fingerprint density at radius 2 is 1.90 bits per heavy atom. The van der Waals surface area contributed by atoms with E-state index in [1.807, 2.05) is 31.7 Å². The van der Waals surface area contributed by atoms with Gasteiger partial charge in [-0.1, -0.05) is 13.8 Å². The van der Waals surface area contributed by atoms with Gasteiger partial charge < -0.3 is 5.73 Å². The Balaban J connectivity index is 0. The summed E-state index contributed by atoms with van der Waals surface area (Å²) in [4.78, 5) is 3.94. The van der Waals surface area contributed by atoms with Gasteiger partial charge in [0.1, 0.15) is 0 Å². The third-order valence-corrected chi connectivity index (χ3v) is 1.26. The summed E-state index contributed by atoms with van der Waals surface area (Å²) < 4.78 is 0. The van der Waals surface area contributed by atoms with Crippen LogP contribution in [0.5, 0.6) is 0 Å². The first-order chi connectivity index (χ1) is 4.89. The molecule has 2 N–H and O–H groups in total. The van der Waals surface area contributed by atoms with Gasteiger partial charge >= 0.3 is 0 Å². The number of hydrogen-bond donors (Lipinski definition) is 1. The molecule has 0 fully saturated rings. The van der Waals surface area contributed by atoms with Crippen molar-refractivity contribution in [3.05, 3.63) is 16.6 Å². The van der Waals surface area contributed by atoms with E-state index in [0.717, 1.165) is 5.69 Å². The predicted octanol–water partition coefficient (Wildman–Crippen LogP) is 2.05. The van der Waals surface area contributed by atoms with E-state index in [2.05, 4.69) is 10.7 Å². The summed E-state index contributed by atoms with van der Waals surface area (Å²) in [5.41, 5.74) is 7.44. The van der Waals surface area contributed by atoms with Crippen molar-refractivity contribution in [1.29, 1.82) is 0 Å². The van der Waals surface area contributed by atoms with Gasteiger partial charge in [0.25, 0.3) is 0 Å². The molecule has 10 heavy (non-hydrogen) atoms. The highest BCUT2D eigenvalue weighted by atomic mass is 32.1. The van der Waals surface area contributed by atoms with Crippen LogP contribution in [-0.4, -0.2) is 12.0 Å². The largest absolute Gasteiger partial charge is 0.333 e. The van der Waals surface area contributed by atoms with Crippen LogP contribution < -0.4 is 5.73 Å². The molecule has 0 aliphatic rings. The van der Waals surface area contributed by atoms with Gasteiger partial charge in [-0.25, -0.2) is 0 Å². The van der Waals surface area contributed by atoms with E-state index in [0.29, 0.717) is 0 Å². The molecule has 0 spiro atoms. The molecule has 0 aliphatic heterocycles. The maximum atomic E-state index is 4.50. The SMILES string of the molecule is CC.CN.Cc1cscn1. The molecule has 2 nitrogen and oxygen atoms in total. The minimum Gasteiger partial charge on any atom is -0.333 e. The molecule has 0 bridgehead atoms. The van der Waals surface area contributed by atoms with Gasteiger partial charge in [-0.2, -0.15) is 0 Å². The van der Waals surface area contributed by atoms with Crippen molar-refractivity contribution in [2.45, 2.75) is 20.8 Å². The summed E-state index contributed by atoms with van der Waals surface area (Å²) in [6, 6.07) is 0. The van der Waals surface area contributed by atoms with Crippen LogP contribution in [0.2, 0.25) is 0 Å². The quantitative estimate of drug-likeness (QED) is 0.631. The molecule has 1 aromatic rings. The average molecular weight is 160 g/mol. The monoisotopic (exact) mass is 160 g/mol.